The molecule has 1 heterocycles. The molecule has 31 heavy (non-hydrogen) atoms. The van der Waals surface area contributed by atoms with Crippen molar-refractivity contribution in [3.05, 3.63) is 29.3 Å². The Labute approximate surface area is 182 Å². The zero-order chi connectivity index (χ0) is 23.0. The minimum atomic E-state index is -0.973. The molecule has 1 aromatic rings. The smallest absolute Gasteiger partial charge is 0.326 e. The molecule has 2 unspecified atom stereocenters. The number of ether oxygens (including phenoxy) is 1. The molecule has 0 aromatic heterocycles. The molecule has 4 amide bonds. The molecule has 1 aliphatic carbocycles. The average Bonchev–Trinajstić information content (AvgIpc) is 2.84. The van der Waals surface area contributed by atoms with E-state index in [0.29, 0.717) is 18.5 Å². The van der Waals surface area contributed by atoms with E-state index in [2.05, 4.69) is 31.4 Å². The summed E-state index contributed by atoms with van der Waals surface area (Å²) in [6.07, 6.45) is 2.04. The van der Waals surface area contributed by atoms with Crippen LogP contribution in [0.5, 0.6) is 0 Å². The lowest BCUT2D eigenvalue weighted by Crippen LogP contribution is -2.54. The van der Waals surface area contributed by atoms with Gasteiger partial charge in [-0.2, -0.15) is 0 Å². The summed E-state index contributed by atoms with van der Waals surface area (Å²) in [6.45, 7) is 9.11. The van der Waals surface area contributed by atoms with Crippen LogP contribution in [0.25, 0.3) is 0 Å². The third-order valence-corrected chi connectivity index (χ3v) is 6.07. The Morgan fingerprint density at radius 2 is 1.90 bits per heavy atom. The zero-order valence-corrected chi connectivity index (χ0v) is 18.8. The number of amides is 4. The normalized spacial score (nSPS) is 24.8. The van der Waals surface area contributed by atoms with Gasteiger partial charge in [0, 0.05) is 5.69 Å². The van der Waals surface area contributed by atoms with Gasteiger partial charge in [-0.05, 0) is 67.7 Å². The van der Waals surface area contributed by atoms with Crippen LogP contribution in [0.4, 0.5) is 10.5 Å². The van der Waals surface area contributed by atoms with Crippen molar-refractivity contribution in [2.45, 2.75) is 59.4 Å². The van der Waals surface area contributed by atoms with Gasteiger partial charge < -0.3 is 15.4 Å². The van der Waals surface area contributed by atoms with Crippen molar-refractivity contribution in [1.82, 2.24) is 10.2 Å². The molecule has 8 nitrogen and oxygen atoms in total. The number of carbonyl (C=O) groups excluding carboxylic acids is 4. The molecule has 1 saturated heterocycles. The Morgan fingerprint density at radius 1 is 1.19 bits per heavy atom. The van der Waals surface area contributed by atoms with E-state index in [4.69, 9.17) is 4.74 Å². The number of urea groups is 1. The van der Waals surface area contributed by atoms with Crippen LogP contribution < -0.4 is 10.6 Å². The number of anilines is 1. The summed E-state index contributed by atoms with van der Waals surface area (Å²) >= 11 is 0. The van der Waals surface area contributed by atoms with Gasteiger partial charge in [-0.3, -0.25) is 19.3 Å². The lowest BCUT2D eigenvalue weighted by molar-refractivity contribution is -0.150. The minimum Gasteiger partial charge on any atom is -0.454 e. The molecule has 1 aromatic carbocycles. The topological polar surface area (TPSA) is 105 Å². The Hall–Kier alpha value is -2.90. The number of rotatable bonds is 5. The summed E-state index contributed by atoms with van der Waals surface area (Å²) < 4.78 is 5.00. The predicted molar refractivity (Wildman–Crippen MR) is 115 cm³/mol. The molecule has 2 fully saturated rings. The van der Waals surface area contributed by atoms with Crippen LogP contribution in [-0.4, -0.2) is 47.4 Å². The lowest BCUT2D eigenvalue weighted by atomic mass is 9.64. The second-order valence-electron chi connectivity index (χ2n) is 9.77. The number of esters is 1. The van der Waals surface area contributed by atoms with E-state index in [0.717, 1.165) is 22.4 Å². The van der Waals surface area contributed by atoms with Crippen LogP contribution >= 0.6 is 0 Å². The molecule has 0 bridgehead atoms. The number of benzene rings is 1. The molecule has 0 radical (unpaired) electrons. The Balaban J connectivity index is 1.55. The molecule has 1 aliphatic heterocycles. The fourth-order valence-corrected chi connectivity index (χ4v) is 4.99. The van der Waals surface area contributed by atoms with E-state index in [-0.39, 0.29) is 11.3 Å². The highest BCUT2D eigenvalue weighted by Gasteiger charge is 2.56. The maximum atomic E-state index is 13.1. The van der Waals surface area contributed by atoms with Gasteiger partial charge in [0.1, 0.15) is 12.1 Å². The van der Waals surface area contributed by atoms with E-state index in [1.54, 1.807) is 6.07 Å². The molecule has 1 saturated carbocycles. The first-order chi connectivity index (χ1) is 14.4. The third kappa shape index (κ3) is 5.06. The first kappa shape index (κ1) is 22.8. The number of imide groups is 1. The Kier molecular flexibility index (Phi) is 6.11. The van der Waals surface area contributed by atoms with E-state index in [9.17, 15) is 19.2 Å². The molecule has 2 atom stereocenters. The van der Waals surface area contributed by atoms with Gasteiger partial charge in [-0.25, -0.2) is 4.79 Å². The van der Waals surface area contributed by atoms with Crippen molar-refractivity contribution in [3.63, 3.8) is 0 Å². The lowest BCUT2D eigenvalue weighted by Gasteiger charge is -2.43. The first-order valence-electron chi connectivity index (χ1n) is 10.6. The fourth-order valence-electron chi connectivity index (χ4n) is 4.99. The third-order valence-electron chi connectivity index (χ3n) is 6.07. The van der Waals surface area contributed by atoms with Crippen LogP contribution in [0.2, 0.25) is 0 Å². The monoisotopic (exact) mass is 429 g/mol. The maximum Gasteiger partial charge on any atom is 0.326 e. The summed E-state index contributed by atoms with van der Waals surface area (Å²) in [7, 11) is 0. The Morgan fingerprint density at radius 3 is 2.55 bits per heavy atom. The molecule has 168 valence electrons. The molecule has 3 rings (SSSR count). The van der Waals surface area contributed by atoms with Gasteiger partial charge >= 0.3 is 12.0 Å². The molecule has 8 heteroatoms. The van der Waals surface area contributed by atoms with Crippen LogP contribution in [-0.2, 0) is 19.1 Å². The number of carbonyl (C=O) groups is 4. The van der Waals surface area contributed by atoms with Crippen LogP contribution in [0.3, 0.4) is 0 Å². The summed E-state index contributed by atoms with van der Waals surface area (Å²) in [5.41, 5.74) is 1.67. The van der Waals surface area contributed by atoms with Crippen molar-refractivity contribution in [1.29, 1.82) is 0 Å². The molecule has 1 spiro atoms. The van der Waals surface area contributed by atoms with E-state index in [1.807, 2.05) is 26.0 Å². The number of aryl methyl sites for hydroxylation is 2. The molecular weight excluding hydrogens is 398 g/mol. The highest BCUT2D eigenvalue weighted by atomic mass is 16.5. The van der Waals surface area contributed by atoms with Gasteiger partial charge in [0.15, 0.2) is 6.61 Å². The summed E-state index contributed by atoms with van der Waals surface area (Å²) in [5, 5.41) is 5.48. The number of hydrogen-bond donors (Lipinski definition) is 2. The molecule has 2 aliphatic rings. The summed E-state index contributed by atoms with van der Waals surface area (Å²) in [5.74, 6) is -1.42. The largest absolute Gasteiger partial charge is 0.454 e. The fraction of sp³-hybridized carbons (Fsp3) is 0.565. The number of hydrogen-bond acceptors (Lipinski definition) is 5. The van der Waals surface area contributed by atoms with Crippen molar-refractivity contribution in [3.8, 4) is 0 Å². The zero-order valence-electron chi connectivity index (χ0n) is 18.8. The highest BCUT2D eigenvalue weighted by Crippen LogP contribution is 2.46. The predicted octanol–water partition coefficient (Wildman–Crippen LogP) is 2.92. The van der Waals surface area contributed by atoms with E-state index >= 15 is 0 Å². The maximum absolute atomic E-state index is 13.1. The minimum absolute atomic E-state index is 0.0937. The molecule has 2 N–H and O–H groups in total. The number of nitrogens with zero attached hydrogens (tertiary/aromatic N) is 1. The average molecular weight is 430 g/mol. The van der Waals surface area contributed by atoms with Crippen molar-refractivity contribution in [2.24, 2.45) is 11.3 Å². The quantitative estimate of drug-likeness (QED) is 0.553. The summed E-state index contributed by atoms with van der Waals surface area (Å²) in [4.78, 5) is 50.7. The van der Waals surface area contributed by atoms with Crippen LogP contribution in [0.15, 0.2) is 18.2 Å². The van der Waals surface area contributed by atoms with Gasteiger partial charge in [-0.1, -0.05) is 26.8 Å². The highest BCUT2D eigenvalue weighted by molar-refractivity contribution is 6.09. The van der Waals surface area contributed by atoms with Crippen molar-refractivity contribution < 1.29 is 23.9 Å². The SMILES string of the molecule is Cc1ccc(NC(=O)COC(=O)CN2C(=O)NC3(CC(C)CC(C)(C)C3)C2=O)cc1C. The van der Waals surface area contributed by atoms with Crippen molar-refractivity contribution >= 4 is 29.5 Å². The first-order valence-corrected chi connectivity index (χ1v) is 10.6. The second kappa shape index (κ2) is 8.32. The van der Waals surface area contributed by atoms with E-state index in [1.165, 1.54) is 0 Å². The summed E-state index contributed by atoms with van der Waals surface area (Å²) in [6, 6.07) is 4.89. The van der Waals surface area contributed by atoms with Gasteiger partial charge in [-0.15, -0.1) is 0 Å². The number of nitrogens with one attached hydrogen (secondary N) is 2. The standard InChI is InChI=1S/C23H31N3O5/c1-14-9-22(4,5)13-23(10-14)20(29)26(21(30)25-23)11-19(28)31-12-18(27)24-17-7-6-15(2)16(3)8-17/h6-8,14H,9-13H2,1-5H3,(H,24,27)(H,25,30). The molecular formula is C23H31N3O5. The second-order valence-corrected chi connectivity index (χ2v) is 9.77. The van der Waals surface area contributed by atoms with Gasteiger partial charge in [0.2, 0.25) is 0 Å². The van der Waals surface area contributed by atoms with Gasteiger partial charge in [0.25, 0.3) is 11.8 Å². The van der Waals surface area contributed by atoms with Gasteiger partial charge in [0.05, 0.1) is 0 Å². The van der Waals surface area contributed by atoms with Crippen molar-refractivity contribution in [2.75, 3.05) is 18.5 Å². The van der Waals surface area contributed by atoms with E-state index < -0.39 is 42.5 Å². The Bertz CT molecular complexity index is 926. The van der Waals surface area contributed by atoms with Crippen LogP contribution in [0, 0.1) is 25.2 Å². The van der Waals surface area contributed by atoms with Crippen LogP contribution in [0.1, 0.15) is 51.2 Å².